The molecular formula is C7H16N2O2. The van der Waals surface area contributed by atoms with E-state index < -0.39 is 12.0 Å². The maximum atomic E-state index is 10.8. The Bertz CT molecular complexity index is 136. The van der Waals surface area contributed by atoms with E-state index in [4.69, 9.17) is 11.5 Å². The van der Waals surface area contributed by atoms with Crippen LogP contribution in [-0.2, 0) is 9.53 Å². The second-order valence-corrected chi connectivity index (χ2v) is 2.87. The third-order valence-electron chi connectivity index (χ3n) is 1.66. The number of nitrogens with two attached hydrogens (primary N) is 2. The van der Waals surface area contributed by atoms with Gasteiger partial charge in [0.25, 0.3) is 0 Å². The van der Waals surface area contributed by atoms with E-state index in [1.807, 2.05) is 13.8 Å². The predicted molar refractivity (Wildman–Crippen MR) is 42.8 cm³/mol. The van der Waals surface area contributed by atoms with Gasteiger partial charge in [0.2, 0.25) is 0 Å². The maximum Gasteiger partial charge on any atom is 0.324 e. The van der Waals surface area contributed by atoms with E-state index in [0.717, 1.165) is 0 Å². The van der Waals surface area contributed by atoms with Crippen LogP contribution in [0.25, 0.3) is 0 Å². The summed E-state index contributed by atoms with van der Waals surface area (Å²) in [6.07, 6.45) is 0. The largest absolute Gasteiger partial charge is 0.468 e. The van der Waals surface area contributed by atoms with Crippen LogP contribution in [0.1, 0.15) is 13.8 Å². The average Bonchev–Trinajstić information content (AvgIpc) is 2.00. The topological polar surface area (TPSA) is 78.3 Å². The first-order chi connectivity index (χ1) is 5.00. The lowest BCUT2D eigenvalue weighted by atomic mass is 9.98. The molecular weight excluding hydrogens is 144 g/mol. The summed E-state index contributed by atoms with van der Waals surface area (Å²) in [4.78, 5) is 10.8. The minimum absolute atomic E-state index is 0.184. The molecule has 0 unspecified atom stereocenters. The molecule has 0 aliphatic carbocycles. The quantitative estimate of drug-likeness (QED) is 0.544. The van der Waals surface area contributed by atoms with Gasteiger partial charge in [-0.2, -0.15) is 0 Å². The Balaban J connectivity index is 4.01. The van der Waals surface area contributed by atoms with Crippen LogP contribution < -0.4 is 11.5 Å². The van der Waals surface area contributed by atoms with E-state index in [1.165, 1.54) is 7.11 Å². The van der Waals surface area contributed by atoms with Gasteiger partial charge >= 0.3 is 5.97 Å². The number of hydrogen-bond acceptors (Lipinski definition) is 4. The van der Waals surface area contributed by atoms with Crippen LogP contribution in [0.2, 0.25) is 0 Å². The molecule has 0 saturated heterocycles. The number of carbonyl (C=O) groups is 1. The molecule has 0 fully saturated rings. The lowest BCUT2D eigenvalue weighted by molar-refractivity contribution is -0.142. The first kappa shape index (κ1) is 10.4. The van der Waals surface area contributed by atoms with Gasteiger partial charge in [0.1, 0.15) is 6.04 Å². The summed E-state index contributed by atoms with van der Waals surface area (Å²) in [5.41, 5.74) is 11.1. The Labute approximate surface area is 66.9 Å². The molecule has 0 aromatic carbocycles. The van der Waals surface area contributed by atoms with Crippen molar-refractivity contribution in [2.45, 2.75) is 25.9 Å². The number of rotatable bonds is 3. The molecule has 0 bridgehead atoms. The first-order valence-electron chi connectivity index (χ1n) is 3.59. The van der Waals surface area contributed by atoms with Crippen molar-refractivity contribution in [1.29, 1.82) is 0 Å². The zero-order valence-electron chi connectivity index (χ0n) is 7.20. The summed E-state index contributed by atoms with van der Waals surface area (Å²) >= 11 is 0. The van der Waals surface area contributed by atoms with Crippen molar-refractivity contribution in [1.82, 2.24) is 0 Å². The Morgan fingerprint density at radius 3 is 2.09 bits per heavy atom. The zero-order valence-corrected chi connectivity index (χ0v) is 7.20. The van der Waals surface area contributed by atoms with Crippen molar-refractivity contribution in [2.24, 2.45) is 17.4 Å². The molecule has 0 amide bonds. The normalized spacial score (nSPS) is 16.2. The molecule has 0 aliphatic heterocycles. The fourth-order valence-electron chi connectivity index (χ4n) is 0.708. The summed E-state index contributed by atoms with van der Waals surface area (Å²) in [5.74, 6) is -0.268. The molecule has 2 atom stereocenters. The monoisotopic (exact) mass is 160 g/mol. The van der Waals surface area contributed by atoms with Crippen molar-refractivity contribution in [2.75, 3.05) is 7.11 Å². The van der Waals surface area contributed by atoms with Crippen LogP contribution in [0.5, 0.6) is 0 Å². The van der Waals surface area contributed by atoms with Crippen LogP contribution in [-0.4, -0.2) is 25.2 Å². The van der Waals surface area contributed by atoms with Gasteiger partial charge in [0.05, 0.1) is 7.11 Å². The van der Waals surface area contributed by atoms with E-state index in [2.05, 4.69) is 4.74 Å². The van der Waals surface area contributed by atoms with E-state index in [-0.39, 0.29) is 12.0 Å². The molecule has 4 nitrogen and oxygen atoms in total. The summed E-state index contributed by atoms with van der Waals surface area (Å²) < 4.78 is 4.44. The van der Waals surface area contributed by atoms with Crippen LogP contribution >= 0.6 is 0 Å². The van der Waals surface area contributed by atoms with Gasteiger partial charge in [-0.25, -0.2) is 0 Å². The van der Waals surface area contributed by atoms with Crippen molar-refractivity contribution in [3.05, 3.63) is 0 Å². The van der Waals surface area contributed by atoms with Gasteiger partial charge in [-0.05, 0) is 5.92 Å². The first-order valence-corrected chi connectivity index (χ1v) is 3.59. The molecule has 4 N–H and O–H groups in total. The molecule has 0 rings (SSSR count). The highest BCUT2D eigenvalue weighted by atomic mass is 16.5. The van der Waals surface area contributed by atoms with Crippen molar-refractivity contribution in [3.8, 4) is 0 Å². The van der Waals surface area contributed by atoms with Crippen LogP contribution in [0, 0.1) is 5.92 Å². The molecule has 0 spiro atoms. The second kappa shape index (κ2) is 4.31. The fourth-order valence-corrected chi connectivity index (χ4v) is 0.708. The molecule has 0 aromatic rings. The minimum Gasteiger partial charge on any atom is -0.468 e. The molecule has 0 radical (unpaired) electrons. The lowest BCUT2D eigenvalue weighted by Gasteiger charge is -2.20. The van der Waals surface area contributed by atoms with Crippen LogP contribution in [0.4, 0.5) is 0 Å². The molecule has 4 heteroatoms. The molecule has 0 saturated carbocycles. The van der Waals surface area contributed by atoms with Crippen molar-refractivity contribution >= 4 is 5.97 Å². The number of ether oxygens (including phenoxy) is 1. The summed E-state index contributed by atoms with van der Waals surface area (Å²) in [6, 6.07) is -1.04. The number of esters is 1. The average molecular weight is 160 g/mol. The predicted octanol–water partition coefficient (Wildman–Crippen LogP) is -0.530. The zero-order chi connectivity index (χ0) is 9.02. The highest BCUT2D eigenvalue weighted by Crippen LogP contribution is 2.02. The number of methoxy groups -OCH3 is 1. The summed E-state index contributed by atoms with van der Waals surface area (Å²) in [7, 11) is 1.30. The van der Waals surface area contributed by atoms with Gasteiger partial charge < -0.3 is 16.2 Å². The van der Waals surface area contributed by atoms with Crippen LogP contribution in [0.3, 0.4) is 0 Å². The molecule has 0 aromatic heterocycles. The van der Waals surface area contributed by atoms with Crippen molar-refractivity contribution < 1.29 is 9.53 Å². The number of carbonyl (C=O) groups excluding carboxylic acids is 1. The Morgan fingerprint density at radius 2 is 1.82 bits per heavy atom. The molecule has 0 heterocycles. The smallest absolute Gasteiger partial charge is 0.324 e. The van der Waals surface area contributed by atoms with Gasteiger partial charge in [-0.15, -0.1) is 0 Å². The molecule has 11 heavy (non-hydrogen) atoms. The lowest BCUT2D eigenvalue weighted by Crippen LogP contribution is -2.50. The third-order valence-corrected chi connectivity index (χ3v) is 1.66. The fraction of sp³-hybridized carbons (Fsp3) is 0.857. The van der Waals surface area contributed by atoms with Gasteiger partial charge in [0.15, 0.2) is 0 Å². The summed E-state index contributed by atoms with van der Waals surface area (Å²) in [6.45, 7) is 3.82. The van der Waals surface area contributed by atoms with E-state index in [0.29, 0.717) is 0 Å². The van der Waals surface area contributed by atoms with Crippen LogP contribution in [0.15, 0.2) is 0 Å². The Kier molecular flexibility index (Phi) is 4.07. The highest BCUT2D eigenvalue weighted by molar-refractivity contribution is 5.76. The third kappa shape index (κ3) is 2.86. The molecule has 0 aliphatic rings. The van der Waals surface area contributed by atoms with Gasteiger partial charge in [-0.1, -0.05) is 13.8 Å². The highest BCUT2D eigenvalue weighted by Gasteiger charge is 2.23. The Morgan fingerprint density at radius 1 is 1.36 bits per heavy atom. The van der Waals surface area contributed by atoms with E-state index in [9.17, 15) is 4.79 Å². The number of hydrogen-bond donors (Lipinski definition) is 2. The second-order valence-electron chi connectivity index (χ2n) is 2.87. The van der Waals surface area contributed by atoms with E-state index >= 15 is 0 Å². The molecule has 66 valence electrons. The standard InChI is InChI=1S/C7H16N2O2/c1-4(2)5(8)6(9)7(10)11-3/h4-6H,8-9H2,1-3H3/t5-,6+/m1/s1. The van der Waals surface area contributed by atoms with Crippen molar-refractivity contribution in [3.63, 3.8) is 0 Å². The summed E-state index contributed by atoms with van der Waals surface area (Å²) in [5, 5.41) is 0. The van der Waals surface area contributed by atoms with Gasteiger partial charge in [-0.3, -0.25) is 4.79 Å². The maximum absolute atomic E-state index is 10.8. The Hall–Kier alpha value is -0.610. The SMILES string of the molecule is COC(=O)[C@@H](N)[C@H](N)C(C)C. The minimum atomic E-state index is -0.708. The van der Waals surface area contributed by atoms with Gasteiger partial charge in [0, 0.05) is 6.04 Å². The van der Waals surface area contributed by atoms with E-state index in [1.54, 1.807) is 0 Å².